The zero-order chi connectivity index (χ0) is 35.0. The number of benzene rings is 3. The highest BCUT2D eigenvalue weighted by molar-refractivity contribution is 6.33. The van der Waals surface area contributed by atoms with E-state index in [1.54, 1.807) is 38.4 Å². The van der Waals surface area contributed by atoms with Gasteiger partial charge in [-0.25, -0.2) is 4.68 Å². The van der Waals surface area contributed by atoms with Gasteiger partial charge in [0.25, 0.3) is 0 Å². The van der Waals surface area contributed by atoms with E-state index in [4.69, 9.17) is 54.3 Å². The van der Waals surface area contributed by atoms with Crippen LogP contribution in [0.2, 0.25) is 5.02 Å². The SMILES string of the molecule is COc1cc(-n2cc(CO/N=C3\c4cc(OC)c(OC)c(OC)c4-c4c(cc5c(c4OC)OCO5)C[C@H](C)[C@@]3(C)O)nn2)cc(OC)c1Cl. The molecule has 3 aromatic carbocycles. The van der Waals surface area contributed by atoms with E-state index in [1.165, 1.54) is 40.2 Å². The molecule has 260 valence electrons. The summed E-state index contributed by atoms with van der Waals surface area (Å²) in [5, 5.41) is 25.6. The summed E-state index contributed by atoms with van der Waals surface area (Å²) in [6, 6.07) is 7.06. The van der Waals surface area contributed by atoms with Crippen LogP contribution < -0.4 is 37.9 Å². The number of ether oxygens (including phenoxy) is 8. The molecular weight excluding hydrogens is 660 g/mol. The van der Waals surface area contributed by atoms with Crippen LogP contribution in [0.15, 0.2) is 35.6 Å². The maximum absolute atomic E-state index is 12.2. The molecule has 1 aliphatic carbocycles. The Kier molecular flexibility index (Phi) is 9.27. The van der Waals surface area contributed by atoms with E-state index in [0.717, 1.165) is 5.56 Å². The third-order valence-electron chi connectivity index (χ3n) is 8.81. The maximum atomic E-state index is 12.2. The minimum Gasteiger partial charge on any atom is -0.495 e. The smallest absolute Gasteiger partial charge is 0.231 e. The molecule has 4 aromatic rings. The zero-order valence-electron chi connectivity index (χ0n) is 28.4. The number of oxime groups is 1. The van der Waals surface area contributed by atoms with Crippen LogP contribution in [0.5, 0.6) is 46.0 Å². The summed E-state index contributed by atoms with van der Waals surface area (Å²) in [4.78, 5) is 5.93. The molecule has 0 fully saturated rings. The Hall–Kier alpha value is -5.08. The second-order valence-electron chi connectivity index (χ2n) is 11.5. The molecule has 0 spiro atoms. The second kappa shape index (κ2) is 13.4. The van der Waals surface area contributed by atoms with Crippen LogP contribution in [0.1, 0.15) is 30.7 Å². The van der Waals surface area contributed by atoms with Crippen LogP contribution in [0.25, 0.3) is 16.8 Å². The van der Waals surface area contributed by atoms with Gasteiger partial charge in [0.05, 0.1) is 54.5 Å². The molecule has 1 N–H and O–H groups in total. The van der Waals surface area contributed by atoms with Crippen LogP contribution in [-0.2, 0) is 17.9 Å². The topological polar surface area (TPSA) is 146 Å². The Morgan fingerprint density at radius 1 is 0.898 bits per heavy atom. The molecule has 0 saturated heterocycles. The molecule has 2 aliphatic rings. The third-order valence-corrected chi connectivity index (χ3v) is 9.18. The molecule has 1 aromatic heterocycles. The zero-order valence-corrected chi connectivity index (χ0v) is 29.1. The molecule has 0 amide bonds. The van der Waals surface area contributed by atoms with Crippen molar-refractivity contribution in [3.05, 3.63) is 52.3 Å². The van der Waals surface area contributed by atoms with Gasteiger partial charge in [-0.1, -0.05) is 28.9 Å². The lowest BCUT2D eigenvalue weighted by atomic mass is 9.73. The normalized spacial score (nSPS) is 18.6. The molecule has 0 radical (unpaired) electrons. The third kappa shape index (κ3) is 5.74. The van der Waals surface area contributed by atoms with Crippen molar-refractivity contribution in [2.75, 3.05) is 49.5 Å². The molecule has 1 aliphatic heterocycles. The average molecular weight is 697 g/mol. The fraction of sp³-hybridized carbons (Fsp3) is 0.382. The molecule has 14 nitrogen and oxygen atoms in total. The van der Waals surface area contributed by atoms with Crippen LogP contribution in [0.3, 0.4) is 0 Å². The van der Waals surface area contributed by atoms with Gasteiger partial charge in [0, 0.05) is 28.8 Å². The molecule has 49 heavy (non-hydrogen) atoms. The highest BCUT2D eigenvalue weighted by atomic mass is 35.5. The molecule has 2 heterocycles. The molecule has 15 heteroatoms. The maximum Gasteiger partial charge on any atom is 0.231 e. The lowest BCUT2D eigenvalue weighted by Crippen LogP contribution is -2.44. The fourth-order valence-corrected chi connectivity index (χ4v) is 6.37. The number of aromatic nitrogens is 3. The van der Waals surface area contributed by atoms with E-state index in [-0.39, 0.29) is 25.0 Å². The van der Waals surface area contributed by atoms with Crippen molar-refractivity contribution in [2.24, 2.45) is 11.1 Å². The number of halogens is 1. The first kappa shape index (κ1) is 33.8. The standard InChI is InChI=1S/C34H37ClN4O10/c1-17-9-18-10-25-30(48-16-47-25)31(45-7)26(18)27-21(13-24(43-5)29(44-6)32(27)46-8)33(34(17,2)40)37-49-15-19-14-39(38-36-19)20-11-22(41-3)28(35)23(12-20)42-4/h10-14,17,40H,9,15-16H2,1-8H3/b37-33+/t17-,34+/m0/s1. The Morgan fingerprint density at radius 3 is 2.20 bits per heavy atom. The monoisotopic (exact) mass is 696 g/mol. The summed E-state index contributed by atoms with van der Waals surface area (Å²) in [6.45, 7) is 3.59. The lowest BCUT2D eigenvalue weighted by molar-refractivity contribution is 0.0625. The molecule has 6 rings (SSSR count). The lowest BCUT2D eigenvalue weighted by Gasteiger charge is -2.36. The predicted molar refractivity (Wildman–Crippen MR) is 178 cm³/mol. The van der Waals surface area contributed by atoms with Gasteiger partial charge in [-0.2, -0.15) is 0 Å². The second-order valence-corrected chi connectivity index (χ2v) is 11.9. The van der Waals surface area contributed by atoms with E-state index in [9.17, 15) is 5.11 Å². The van der Waals surface area contributed by atoms with E-state index >= 15 is 0 Å². The summed E-state index contributed by atoms with van der Waals surface area (Å²) >= 11 is 6.34. The summed E-state index contributed by atoms with van der Waals surface area (Å²) in [5.74, 6) is 2.94. The first-order valence-corrected chi connectivity index (χ1v) is 15.6. The fourth-order valence-electron chi connectivity index (χ4n) is 6.10. The number of rotatable bonds is 10. The van der Waals surface area contributed by atoms with E-state index in [0.29, 0.717) is 85.5 Å². The molecule has 2 atom stereocenters. The van der Waals surface area contributed by atoms with E-state index in [1.807, 2.05) is 13.0 Å². The van der Waals surface area contributed by atoms with Gasteiger partial charge in [0.15, 0.2) is 29.6 Å². The average Bonchev–Trinajstić information content (AvgIpc) is 3.78. The van der Waals surface area contributed by atoms with Crippen molar-refractivity contribution in [1.82, 2.24) is 15.0 Å². The van der Waals surface area contributed by atoms with Gasteiger partial charge in [-0.05, 0) is 37.0 Å². The van der Waals surface area contributed by atoms with Crippen LogP contribution in [0, 0.1) is 5.92 Å². The first-order valence-electron chi connectivity index (χ1n) is 15.2. The first-order chi connectivity index (χ1) is 23.6. The minimum atomic E-state index is -1.52. The number of methoxy groups -OCH3 is 6. The van der Waals surface area contributed by atoms with Crippen LogP contribution >= 0.6 is 11.6 Å². The Bertz CT molecular complexity index is 1900. The van der Waals surface area contributed by atoms with Crippen LogP contribution in [0.4, 0.5) is 0 Å². The quantitative estimate of drug-likeness (QED) is 0.217. The van der Waals surface area contributed by atoms with E-state index in [2.05, 4.69) is 15.5 Å². The molecule has 0 bridgehead atoms. The Labute approximate surface area is 287 Å². The largest absolute Gasteiger partial charge is 0.495 e. The number of fused-ring (bicyclic) bond motifs is 4. The number of hydrogen-bond acceptors (Lipinski definition) is 13. The van der Waals surface area contributed by atoms with Gasteiger partial charge in [0.2, 0.25) is 18.3 Å². The highest BCUT2D eigenvalue weighted by Gasteiger charge is 2.43. The van der Waals surface area contributed by atoms with Crippen molar-refractivity contribution < 1.29 is 47.8 Å². The minimum absolute atomic E-state index is 0.0437. The van der Waals surface area contributed by atoms with Gasteiger partial charge < -0.3 is 47.8 Å². The summed E-state index contributed by atoms with van der Waals surface area (Å²) in [6.07, 6.45) is 2.09. The predicted octanol–water partition coefficient (Wildman–Crippen LogP) is 5.23. The van der Waals surface area contributed by atoms with Crippen molar-refractivity contribution in [3.63, 3.8) is 0 Å². The molecule has 0 unspecified atom stereocenters. The molecular formula is C34H37ClN4O10. The number of hydrogen-bond donors (Lipinski definition) is 1. The van der Waals surface area contributed by atoms with Gasteiger partial charge >= 0.3 is 0 Å². The van der Waals surface area contributed by atoms with Gasteiger partial charge in [0.1, 0.15) is 33.5 Å². The summed E-state index contributed by atoms with van der Waals surface area (Å²) < 4.78 is 47.4. The summed E-state index contributed by atoms with van der Waals surface area (Å²) in [5.41, 5.74) is 2.29. The Morgan fingerprint density at radius 2 is 1.57 bits per heavy atom. The summed E-state index contributed by atoms with van der Waals surface area (Å²) in [7, 11) is 9.15. The molecule has 0 saturated carbocycles. The number of nitrogens with zero attached hydrogens (tertiary/aromatic N) is 4. The van der Waals surface area contributed by atoms with Crippen molar-refractivity contribution >= 4 is 17.3 Å². The van der Waals surface area contributed by atoms with Gasteiger partial charge in [-0.3, -0.25) is 0 Å². The van der Waals surface area contributed by atoms with Crippen molar-refractivity contribution in [3.8, 4) is 62.8 Å². The van der Waals surface area contributed by atoms with Crippen molar-refractivity contribution in [1.29, 1.82) is 0 Å². The Balaban J connectivity index is 1.48. The van der Waals surface area contributed by atoms with Crippen molar-refractivity contribution in [2.45, 2.75) is 32.5 Å². The number of aliphatic hydroxyl groups is 1. The van der Waals surface area contributed by atoms with Gasteiger partial charge in [-0.15, -0.1) is 5.10 Å². The van der Waals surface area contributed by atoms with E-state index < -0.39 is 5.60 Å². The highest BCUT2D eigenvalue weighted by Crippen LogP contribution is 2.57. The van der Waals surface area contributed by atoms with Crippen LogP contribution in [-0.4, -0.2) is 80.9 Å².